The minimum atomic E-state index is -4.17. The zero-order chi connectivity index (χ0) is 21.0. The van der Waals surface area contributed by atoms with Crippen LogP contribution in [0.4, 0.5) is 14.6 Å². The lowest BCUT2D eigenvalue weighted by molar-refractivity contribution is 0.397. The first-order chi connectivity index (χ1) is 13.8. The van der Waals surface area contributed by atoms with Crippen molar-refractivity contribution < 1.29 is 21.9 Å². The molecule has 2 aromatic heterocycles. The van der Waals surface area contributed by atoms with Gasteiger partial charge in [0.05, 0.1) is 12.1 Å². The molecule has 11 heteroatoms. The Morgan fingerprint density at radius 2 is 1.83 bits per heavy atom. The normalized spacial score (nSPS) is 11.6. The number of benzene rings is 1. The van der Waals surface area contributed by atoms with Crippen LogP contribution in [0.5, 0.6) is 5.88 Å². The number of methoxy groups -OCH3 is 1. The molecule has 0 bridgehead atoms. The van der Waals surface area contributed by atoms with E-state index in [2.05, 4.69) is 19.7 Å². The van der Waals surface area contributed by atoms with E-state index >= 15 is 0 Å². The number of nitrogens with one attached hydrogen (secondary N) is 1. The van der Waals surface area contributed by atoms with Crippen molar-refractivity contribution in [1.82, 2.24) is 15.0 Å². The van der Waals surface area contributed by atoms with Gasteiger partial charge < -0.3 is 4.74 Å². The molecule has 1 N–H and O–H groups in total. The lowest BCUT2D eigenvalue weighted by Gasteiger charge is -2.11. The third-order valence-corrected chi connectivity index (χ3v) is 5.52. The van der Waals surface area contributed by atoms with Crippen LogP contribution in [-0.2, 0) is 10.0 Å². The third kappa shape index (κ3) is 4.84. The average Bonchev–Trinajstić information content (AvgIpc) is 2.69. The van der Waals surface area contributed by atoms with E-state index in [9.17, 15) is 17.2 Å². The molecule has 0 saturated carbocycles. The van der Waals surface area contributed by atoms with Crippen molar-refractivity contribution in [3.05, 3.63) is 70.8 Å². The highest BCUT2D eigenvalue weighted by atomic mass is 35.5. The third-order valence-electron chi connectivity index (χ3n) is 3.62. The topological polar surface area (TPSA) is 94.1 Å². The number of aromatic nitrogens is 3. The molecule has 29 heavy (non-hydrogen) atoms. The Morgan fingerprint density at radius 3 is 2.52 bits per heavy atom. The molecule has 0 saturated heterocycles. The fourth-order valence-electron chi connectivity index (χ4n) is 2.28. The number of ether oxygens (including phenoxy) is 1. The SMILES string of the molecule is COc1nc(NS(=O)(=O)c2cccc(F)c2Cl)ccc1C=Cc1cnc(F)nc1. The highest BCUT2D eigenvalue weighted by molar-refractivity contribution is 7.92. The summed E-state index contributed by atoms with van der Waals surface area (Å²) in [5, 5.41) is -0.520. The first-order valence-corrected chi connectivity index (χ1v) is 9.84. The lowest BCUT2D eigenvalue weighted by Crippen LogP contribution is -2.15. The Hall–Kier alpha value is -3.11. The van der Waals surface area contributed by atoms with E-state index in [0.717, 1.165) is 6.07 Å². The first kappa shape index (κ1) is 20.6. The van der Waals surface area contributed by atoms with Gasteiger partial charge in [0.25, 0.3) is 10.0 Å². The van der Waals surface area contributed by atoms with E-state index in [0.29, 0.717) is 11.1 Å². The largest absolute Gasteiger partial charge is 0.481 e. The smallest absolute Gasteiger partial charge is 0.308 e. The van der Waals surface area contributed by atoms with Crippen LogP contribution >= 0.6 is 11.6 Å². The summed E-state index contributed by atoms with van der Waals surface area (Å²) in [7, 11) is -2.81. The first-order valence-electron chi connectivity index (χ1n) is 7.97. The fourth-order valence-corrected chi connectivity index (χ4v) is 3.80. The molecule has 0 amide bonds. The Morgan fingerprint density at radius 1 is 1.10 bits per heavy atom. The van der Waals surface area contributed by atoms with Gasteiger partial charge in [-0.25, -0.2) is 22.8 Å². The van der Waals surface area contributed by atoms with Gasteiger partial charge in [0.15, 0.2) is 0 Å². The van der Waals surface area contributed by atoms with Gasteiger partial charge in [-0.3, -0.25) is 4.72 Å². The van der Waals surface area contributed by atoms with E-state index in [-0.39, 0.29) is 11.7 Å². The van der Waals surface area contributed by atoms with Gasteiger partial charge in [0.2, 0.25) is 5.88 Å². The maximum absolute atomic E-state index is 13.6. The van der Waals surface area contributed by atoms with Gasteiger partial charge in [-0.1, -0.05) is 23.7 Å². The van der Waals surface area contributed by atoms with Gasteiger partial charge in [0, 0.05) is 23.5 Å². The molecule has 3 rings (SSSR count). The van der Waals surface area contributed by atoms with Gasteiger partial charge in [-0.05, 0) is 30.3 Å². The molecule has 0 aliphatic rings. The number of rotatable bonds is 6. The number of hydrogen-bond donors (Lipinski definition) is 1. The number of pyridine rings is 1. The molecule has 0 fully saturated rings. The number of anilines is 1. The summed E-state index contributed by atoms with van der Waals surface area (Å²) in [5.41, 5.74) is 1.06. The van der Waals surface area contributed by atoms with Gasteiger partial charge in [0.1, 0.15) is 16.5 Å². The van der Waals surface area contributed by atoms with Crippen molar-refractivity contribution in [2.24, 2.45) is 0 Å². The van der Waals surface area contributed by atoms with Crippen LogP contribution in [0.1, 0.15) is 11.1 Å². The summed E-state index contributed by atoms with van der Waals surface area (Å²) < 4.78 is 58.7. The quantitative estimate of drug-likeness (QED) is 0.588. The van der Waals surface area contributed by atoms with E-state index in [1.807, 2.05) is 0 Å². The van der Waals surface area contributed by atoms with Gasteiger partial charge in [-0.15, -0.1) is 0 Å². The summed E-state index contributed by atoms with van der Waals surface area (Å²) in [6, 6.07) is 6.41. The van der Waals surface area contributed by atoms with Crippen molar-refractivity contribution >= 4 is 39.6 Å². The molecule has 0 aliphatic carbocycles. The summed E-state index contributed by atoms with van der Waals surface area (Å²) in [6.45, 7) is 0. The fraction of sp³-hybridized carbons (Fsp3) is 0.0556. The Bertz CT molecular complexity index is 1170. The van der Waals surface area contributed by atoms with Crippen molar-refractivity contribution in [3.8, 4) is 5.88 Å². The molecule has 0 radical (unpaired) electrons. The molecule has 1 aromatic carbocycles. The van der Waals surface area contributed by atoms with Gasteiger partial charge >= 0.3 is 6.08 Å². The van der Waals surface area contributed by atoms with Crippen molar-refractivity contribution in [3.63, 3.8) is 0 Å². The molecule has 0 aliphatic heterocycles. The maximum Gasteiger partial charge on any atom is 0.308 e. The zero-order valence-electron chi connectivity index (χ0n) is 14.8. The molecule has 3 aromatic rings. The van der Waals surface area contributed by atoms with Crippen LogP contribution in [0.3, 0.4) is 0 Å². The lowest BCUT2D eigenvalue weighted by atomic mass is 10.2. The predicted octanol–water partition coefficient (Wildman–Crippen LogP) is 3.78. The predicted molar refractivity (Wildman–Crippen MR) is 104 cm³/mol. The molecule has 0 atom stereocenters. The van der Waals surface area contributed by atoms with Crippen molar-refractivity contribution in [2.45, 2.75) is 4.90 Å². The molecule has 7 nitrogen and oxygen atoms in total. The maximum atomic E-state index is 13.6. The van der Waals surface area contributed by atoms with E-state index < -0.39 is 31.8 Å². The standard InChI is InChI=1S/C18H13ClF2N4O3S/c1-28-17-12(6-5-11-9-22-18(21)23-10-11)7-8-15(24-17)25-29(26,27)14-4-2-3-13(20)16(14)19/h2-10H,1H3,(H,24,25). The van der Waals surface area contributed by atoms with Crippen LogP contribution in [0, 0.1) is 11.9 Å². The summed E-state index contributed by atoms with van der Waals surface area (Å²) >= 11 is 5.75. The second-order valence-electron chi connectivity index (χ2n) is 5.57. The van der Waals surface area contributed by atoms with E-state index in [1.165, 1.54) is 37.7 Å². The number of hydrogen-bond acceptors (Lipinski definition) is 6. The van der Waals surface area contributed by atoms with Crippen LogP contribution in [0.2, 0.25) is 5.02 Å². The van der Waals surface area contributed by atoms with Crippen LogP contribution in [0.25, 0.3) is 12.2 Å². The minimum absolute atomic E-state index is 0.0514. The van der Waals surface area contributed by atoms with Gasteiger partial charge in [-0.2, -0.15) is 9.37 Å². The Labute approximate surface area is 170 Å². The molecular weight excluding hydrogens is 426 g/mol. The number of sulfonamides is 1. The second-order valence-corrected chi connectivity index (χ2v) is 7.60. The second kappa shape index (κ2) is 8.50. The highest BCUT2D eigenvalue weighted by Crippen LogP contribution is 2.27. The molecule has 2 heterocycles. The molecule has 0 spiro atoms. The molecule has 0 unspecified atom stereocenters. The molecule has 150 valence electrons. The van der Waals surface area contributed by atoms with Crippen molar-refractivity contribution in [2.75, 3.05) is 11.8 Å². The minimum Gasteiger partial charge on any atom is -0.481 e. The number of nitrogens with zero attached hydrogens (tertiary/aromatic N) is 3. The van der Waals surface area contributed by atoms with Crippen LogP contribution in [0.15, 0.2) is 47.6 Å². The number of halogens is 3. The van der Waals surface area contributed by atoms with Crippen molar-refractivity contribution in [1.29, 1.82) is 0 Å². The average molecular weight is 439 g/mol. The zero-order valence-corrected chi connectivity index (χ0v) is 16.4. The van der Waals surface area contributed by atoms with E-state index in [1.54, 1.807) is 18.2 Å². The van der Waals surface area contributed by atoms with Crippen LogP contribution in [-0.4, -0.2) is 30.5 Å². The monoisotopic (exact) mass is 438 g/mol. The summed E-state index contributed by atoms with van der Waals surface area (Å²) in [4.78, 5) is 10.6. The Kier molecular flexibility index (Phi) is 6.04. The van der Waals surface area contributed by atoms with E-state index in [4.69, 9.17) is 16.3 Å². The summed E-state index contributed by atoms with van der Waals surface area (Å²) in [5.74, 6) is -0.787. The highest BCUT2D eigenvalue weighted by Gasteiger charge is 2.21. The van der Waals surface area contributed by atoms with Crippen LogP contribution < -0.4 is 9.46 Å². The Balaban J connectivity index is 1.86. The summed E-state index contributed by atoms with van der Waals surface area (Å²) in [6.07, 6.45) is 4.98. The molecular formula is C18H13ClF2N4O3S.